The molecule has 29 heavy (non-hydrogen) atoms. The van der Waals surface area contributed by atoms with Crippen molar-refractivity contribution in [3.63, 3.8) is 0 Å². The van der Waals surface area contributed by atoms with Gasteiger partial charge in [0, 0.05) is 31.2 Å². The maximum absolute atomic E-state index is 14.6. The summed E-state index contributed by atoms with van der Waals surface area (Å²) < 4.78 is 28.3. The Morgan fingerprint density at radius 1 is 1.31 bits per heavy atom. The van der Waals surface area contributed by atoms with Gasteiger partial charge in [-0.2, -0.15) is 5.10 Å². The lowest BCUT2D eigenvalue weighted by molar-refractivity contribution is -0.0578. The molecule has 0 aliphatic carbocycles. The van der Waals surface area contributed by atoms with E-state index in [0.717, 1.165) is 0 Å². The number of fused-ring (bicyclic) bond motifs is 1. The lowest BCUT2D eigenvalue weighted by atomic mass is 9.83. The van der Waals surface area contributed by atoms with Crippen molar-refractivity contribution in [1.29, 1.82) is 0 Å². The fourth-order valence-electron chi connectivity index (χ4n) is 3.75. The first-order chi connectivity index (χ1) is 13.9. The molecule has 154 valence electrons. The summed E-state index contributed by atoms with van der Waals surface area (Å²) in [7, 11) is 0. The zero-order valence-corrected chi connectivity index (χ0v) is 16.4. The van der Waals surface area contributed by atoms with Gasteiger partial charge in [-0.15, -0.1) is 0 Å². The number of aromatic nitrogens is 4. The van der Waals surface area contributed by atoms with Gasteiger partial charge in [-0.3, -0.25) is 5.10 Å². The van der Waals surface area contributed by atoms with Gasteiger partial charge in [0.1, 0.15) is 29.5 Å². The van der Waals surface area contributed by atoms with Gasteiger partial charge < -0.3 is 15.3 Å². The SMILES string of the molecule is CC(C)C(O)(CF)C1CN(c2ccc(F)c(-c3n[nH]c4ncccc34)n2)CCN1. The molecule has 2 unspecified atom stereocenters. The molecule has 2 atom stereocenters. The number of hydrogen-bond donors (Lipinski definition) is 3. The maximum Gasteiger partial charge on any atom is 0.155 e. The molecule has 0 bridgehead atoms. The van der Waals surface area contributed by atoms with E-state index < -0.39 is 24.1 Å². The Labute approximate surface area is 167 Å². The topological polar surface area (TPSA) is 90.0 Å². The van der Waals surface area contributed by atoms with Crippen LogP contribution in [0.15, 0.2) is 30.5 Å². The number of halogens is 2. The van der Waals surface area contributed by atoms with E-state index in [2.05, 4.69) is 25.5 Å². The molecule has 0 amide bonds. The van der Waals surface area contributed by atoms with E-state index in [9.17, 15) is 13.9 Å². The standard InChI is InChI=1S/C20H24F2N6O/c1-12(2)20(29,11-21)15-10-28(9-8-23-15)16-6-5-14(22)18(25-16)17-13-4-3-7-24-19(13)27-26-17/h3-7,12,15,23,29H,8-11H2,1-2H3,(H,24,26,27). The van der Waals surface area contributed by atoms with Gasteiger partial charge in [0.2, 0.25) is 0 Å². The van der Waals surface area contributed by atoms with Gasteiger partial charge in [0.25, 0.3) is 0 Å². The molecule has 3 aromatic heterocycles. The van der Waals surface area contributed by atoms with Gasteiger partial charge in [-0.1, -0.05) is 13.8 Å². The van der Waals surface area contributed by atoms with Gasteiger partial charge >= 0.3 is 0 Å². The summed E-state index contributed by atoms with van der Waals surface area (Å²) in [4.78, 5) is 10.6. The third-order valence-electron chi connectivity index (χ3n) is 5.71. The van der Waals surface area contributed by atoms with Crippen LogP contribution in [-0.4, -0.2) is 63.2 Å². The first-order valence-corrected chi connectivity index (χ1v) is 9.66. The molecule has 9 heteroatoms. The van der Waals surface area contributed by atoms with Crippen LogP contribution < -0.4 is 10.2 Å². The normalized spacial score (nSPS) is 19.7. The van der Waals surface area contributed by atoms with Crippen LogP contribution in [0.1, 0.15) is 13.8 Å². The Balaban J connectivity index is 1.67. The van der Waals surface area contributed by atoms with Crippen LogP contribution in [0.3, 0.4) is 0 Å². The van der Waals surface area contributed by atoms with E-state index in [4.69, 9.17) is 0 Å². The molecule has 3 aromatic rings. The summed E-state index contributed by atoms with van der Waals surface area (Å²) in [6.07, 6.45) is 1.63. The van der Waals surface area contributed by atoms with Crippen molar-refractivity contribution in [3.05, 3.63) is 36.3 Å². The van der Waals surface area contributed by atoms with Crippen molar-refractivity contribution < 1.29 is 13.9 Å². The number of hydrogen-bond acceptors (Lipinski definition) is 6. The van der Waals surface area contributed by atoms with Crippen molar-refractivity contribution in [2.24, 2.45) is 5.92 Å². The number of H-pyrrole nitrogens is 1. The second-order valence-corrected chi connectivity index (χ2v) is 7.70. The highest BCUT2D eigenvalue weighted by molar-refractivity contribution is 5.89. The number of aliphatic hydroxyl groups is 1. The van der Waals surface area contributed by atoms with Crippen LogP contribution in [0, 0.1) is 11.7 Å². The first kappa shape index (κ1) is 19.7. The summed E-state index contributed by atoms with van der Waals surface area (Å²) in [5.74, 6) is -0.192. The van der Waals surface area contributed by atoms with Crippen LogP contribution >= 0.6 is 0 Å². The number of rotatable bonds is 5. The lowest BCUT2D eigenvalue weighted by Crippen LogP contribution is -2.64. The zero-order valence-electron chi connectivity index (χ0n) is 16.4. The van der Waals surface area contributed by atoms with E-state index >= 15 is 0 Å². The molecule has 0 radical (unpaired) electrons. The second-order valence-electron chi connectivity index (χ2n) is 7.70. The molecule has 0 spiro atoms. The highest BCUT2D eigenvalue weighted by Gasteiger charge is 2.42. The fraction of sp³-hybridized carbons (Fsp3) is 0.450. The molecule has 1 fully saturated rings. The summed E-state index contributed by atoms with van der Waals surface area (Å²) in [6, 6.07) is 6.05. The smallest absolute Gasteiger partial charge is 0.155 e. The molecule has 3 N–H and O–H groups in total. The molecule has 0 saturated carbocycles. The Morgan fingerprint density at radius 2 is 2.14 bits per heavy atom. The van der Waals surface area contributed by atoms with E-state index in [1.54, 1.807) is 38.2 Å². The molecule has 4 heterocycles. The average molecular weight is 402 g/mol. The van der Waals surface area contributed by atoms with Crippen LogP contribution in [0.4, 0.5) is 14.6 Å². The highest BCUT2D eigenvalue weighted by Crippen LogP contribution is 2.30. The molecular formula is C20H24F2N6O. The minimum Gasteiger partial charge on any atom is -0.385 e. The Kier molecular flexibility index (Phi) is 5.18. The van der Waals surface area contributed by atoms with E-state index in [1.807, 2.05) is 4.90 Å². The predicted molar refractivity (Wildman–Crippen MR) is 107 cm³/mol. The zero-order chi connectivity index (χ0) is 20.6. The van der Waals surface area contributed by atoms with Crippen molar-refractivity contribution in [1.82, 2.24) is 25.5 Å². The summed E-state index contributed by atoms with van der Waals surface area (Å²) in [6.45, 7) is 4.28. The van der Waals surface area contributed by atoms with E-state index in [-0.39, 0.29) is 11.6 Å². The average Bonchev–Trinajstić information content (AvgIpc) is 3.17. The van der Waals surface area contributed by atoms with Crippen molar-refractivity contribution in [3.8, 4) is 11.4 Å². The second kappa shape index (κ2) is 7.64. The molecule has 1 aliphatic rings. The monoisotopic (exact) mass is 402 g/mol. The maximum atomic E-state index is 14.6. The fourth-order valence-corrected chi connectivity index (χ4v) is 3.75. The summed E-state index contributed by atoms with van der Waals surface area (Å²) >= 11 is 0. The molecule has 7 nitrogen and oxygen atoms in total. The van der Waals surface area contributed by atoms with E-state index in [0.29, 0.717) is 42.2 Å². The largest absolute Gasteiger partial charge is 0.385 e. The molecule has 0 aromatic carbocycles. The predicted octanol–water partition coefficient (Wildman–Crippen LogP) is 2.29. The van der Waals surface area contributed by atoms with Gasteiger partial charge in [0.15, 0.2) is 11.5 Å². The van der Waals surface area contributed by atoms with Crippen LogP contribution in [0.25, 0.3) is 22.4 Å². The minimum absolute atomic E-state index is 0.126. The minimum atomic E-state index is -1.48. The highest BCUT2D eigenvalue weighted by atomic mass is 19.1. The third-order valence-corrected chi connectivity index (χ3v) is 5.71. The van der Waals surface area contributed by atoms with Crippen LogP contribution in [0.5, 0.6) is 0 Å². The lowest BCUT2D eigenvalue weighted by Gasteiger charge is -2.44. The number of pyridine rings is 2. The number of alkyl halides is 1. The summed E-state index contributed by atoms with van der Waals surface area (Å²) in [5.41, 5.74) is -0.407. The van der Waals surface area contributed by atoms with Crippen molar-refractivity contribution in [2.75, 3.05) is 31.2 Å². The van der Waals surface area contributed by atoms with Gasteiger partial charge in [0.05, 0.1) is 6.04 Å². The third kappa shape index (κ3) is 3.44. The molecule has 4 rings (SSSR count). The summed E-state index contributed by atoms with van der Waals surface area (Å²) in [5, 5.41) is 21.7. The molecular weight excluding hydrogens is 378 g/mol. The molecule has 1 aliphatic heterocycles. The number of nitrogens with zero attached hydrogens (tertiary/aromatic N) is 4. The first-order valence-electron chi connectivity index (χ1n) is 9.66. The van der Waals surface area contributed by atoms with Crippen molar-refractivity contribution >= 4 is 16.9 Å². The van der Waals surface area contributed by atoms with Gasteiger partial charge in [-0.05, 0) is 30.2 Å². The Morgan fingerprint density at radius 3 is 2.90 bits per heavy atom. The Bertz CT molecular complexity index is 1010. The number of anilines is 1. The van der Waals surface area contributed by atoms with E-state index in [1.165, 1.54) is 6.07 Å². The van der Waals surface area contributed by atoms with Crippen LogP contribution in [-0.2, 0) is 0 Å². The number of aromatic amines is 1. The van der Waals surface area contributed by atoms with Crippen LogP contribution in [0.2, 0.25) is 0 Å². The number of nitrogens with one attached hydrogen (secondary N) is 2. The Hall–Kier alpha value is -2.65. The number of piperazine rings is 1. The molecule has 1 saturated heterocycles. The quantitative estimate of drug-likeness (QED) is 0.607. The van der Waals surface area contributed by atoms with Crippen molar-refractivity contribution in [2.45, 2.75) is 25.5 Å². The van der Waals surface area contributed by atoms with Gasteiger partial charge in [-0.25, -0.2) is 18.7 Å².